The minimum atomic E-state index is 0.323. The maximum absolute atomic E-state index is 6.05. The summed E-state index contributed by atoms with van der Waals surface area (Å²) in [6.07, 6.45) is 12.2. The Bertz CT molecular complexity index is 404. The van der Waals surface area contributed by atoms with E-state index >= 15 is 0 Å². The fourth-order valence-corrected chi connectivity index (χ4v) is 3.48. The molecular weight excluding hydrogens is 236 g/mol. The van der Waals surface area contributed by atoms with Gasteiger partial charge in [0.25, 0.3) is 0 Å². The topological polar surface area (TPSA) is 47.1 Å². The molecular formula is C15H26N4. The van der Waals surface area contributed by atoms with Crippen molar-refractivity contribution in [2.24, 2.45) is 11.7 Å². The summed E-state index contributed by atoms with van der Waals surface area (Å²) in [5.41, 5.74) is 7.36. The van der Waals surface area contributed by atoms with E-state index < -0.39 is 0 Å². The van der Waals surface area contributed by atoms with Crippen molar-refractivity contribution in [3.63, 3.8) is 0 Å². The number of rotatable bonds is 6. The van der Waals surface area contributed by atoms with Crippen molar-refractivity contribution in [3.8, 4) is 0 Å². The average molecular weight is 262 g/mol. The molecule has 1 unspecified atom stereocenters. The fourth-order valence-electron chi connectivity index (χ4n) is 3.48. The van der Waals surface area contributed by atoms with Crippen LogP contribution in [0.2, 0.25) is 0 Å². The highest BCUT2D eigenvalue weighted by Crippen LogP contribution is 2.37. The Morgan fingerprint density at radius 2 is 2.11 bits per heavy atom. The molecule has 3 rings (SSSR count). The number of nitrogens with zero attached hydrogens (tertiary/aromatic N) is 3. The van der Waals surface area contributed by atoms with Crippen LogP contribution in [0.3, 0.4) is 0 Å². The lowest BCUT2D eigenvalue weighted by atomic mass is 10.1. The Kier molecular flexibility index (Phi) is 3.89. The predicted octanol–water partition coefficient (Wildman–Crippen LogP) is 2.34. The molecule has 0 aliphatic heterocycles. The number of likely N-dealkylation sites (N-methyl/N-ethyl adjacent to an activating group) is 1. The van der Waals surface area contributed by atoms with Crippen LogP contribution in [0.1, 0.15) is 56.3 Å². The van der Waals surface area contributed by atoms with Gasteiger partial charge in [0.1, 0.15) is 0 Å². The van der Waals surface area contributed by atoms with Crippen LogP contribution < -0.4 is 5.73 Å². The second-order valence-corrected chi connectivity index (χ2v) is 6.30. The predicted molar refractivity (Wildman–Crippen MR) is 76.9 cm³/mol. The number of hydrogen-bond donors (Lipinski definition) is 1. The van der Waals surface area contributed by atoms with Crippen molar-refractivity contribution in [2.45, 2.75) is 50.6 Å². The van der Waals surface area contributed by atoms with Gasteiger partial charge in [0.15, 0.2) is 0 Å². The normalized spacial score (nSPS) is 22.3. The molecule has 4 heteroatoms. The number of aromatic nitrogens is 2. The summed E-state index contributed by atoms with van der Waals surface area (Å²) in [7, 11) is 2.22. The van der Waals surface area contributed by atoms with E-state index in [2.05, 4.69) is 21.5 Å². The van der Waals surface area contributed by atoms with Gasteiger partial charge in [-0.05, 0) is 38.6 Å². The van der Waals surface area contributed by atoms with Crippen LogP contribution in [-0.2, 0) is 0 Å². The molecule has 0 saturated heterocycles. The third kappa shape index (κ3) is 2.84. The van der Waals surface area contributed by atoms with E-state index in [-0.39, 0.29) is 0 Å². The molecule has 4 nitrogen and oxygen atoms in total. The summed E-state index contributed by atoms with van der Waals surface area (Å²) in [6, 6.07) is 1.01. The second kappa shape index (κ2) is 5.63. The Balaban J connectivity index is 1.69. The average Bonchev–Trinajstić information content (AvgIpc) is 2.91. The molecule has 0 aromatic carbocycles. The summed E-state index contributed by atoms with van der Waals surface area (Å²) in [4.78, 5) is 6.80. The molecule has 106 valence electrons. The molecule has 0 amide bonds. The van der Waals surface area contributed by atoms with E-state index in [4.69, 9.17) is 5.73 Å². The summed E-state index contributed by atoms with van der Waals surface area (Å²) in [5, 5.41) is 0. The molecule has 1 aromatic heterocycles. The van der Waals surface area contributed by atoms with Crippen LogP contribution in [0.4, 0.5) is 0 Å². The highest BCUT2D eigenvalue weighted by molar-refractivity contribution is 5.10. The zero-order chi connectivity index (χ0) is 13.2. The van der Waals surface area contributed by atoms with Crippen molar-refractivity contribution >= 4 is 0 Å². The molecule has 0 bridgehead atoms. The third-order valence-electron chi connectivity index (χ3n) is 4.75. The fraction of sp³-hybridized carbons (Fsp3) is 0.800. The monoisotopic (exact) mass is 262 g/mol. The van der Waals surface area contributed by atoms with Gasteiger partial charge in [-0.25, -0.2) is 4.98 Å². The lowest BCUT2D eigenvalue weighted by molar-refractivity contribution is 0.205. The largest absolute Gasteiger partial charge is 0.330 e. The van der Waals surface area contributed by atoms with E-state index in [1.165, 1.54) is 50.8 Å². The number of nitrogens with two attached hydrogens (primary N) is 1. The lowest BCUT2D eigenvalue weighted by Crippen LogP contribution is -2.35. The number of imidazole rings is 1. The van der Waals surface area contributed by atoms with Gasteiger partial charge >= 0.3 is 0 Å². The van der Waals surface area contributed by atoms with Gasteiger partial charge in [-0.1, -0.05) is 12.8 Å². The van der Waals surface area contributed by atoms with Crippen molar-refractivity contribution in [2.75, 3.05) is 20.1 Å². The Labute approximate surface area is 116 Å². The maximum atomic E-state index is 6.05. The van der Waals surface area contributed by atoms with Gasteiger partial charge in [-0.15, -0.1) is 0 Å². The zero-order valence-corrected chi connectivity index (χ0v) is 12.0. The molecule has 1 aromatic rings. The first-order chi connectivity index (χ1) is 9.29. The molecule has 2 N–H and O–H groups in total. The van der Waals surface area contributed by atoms with Gasteiger partial charge in [0, 0.05) is 25.3 Å². The van der Waals surface area contributed by atoms with Crippen LogP contribution in [0.5, 0.6) is 0 Å². The van der Waals surface area contributed by atoms with Gasteiger partial charge in [-0.2, -0.15) is 0 Å². The molecule has 0 spiro atoms. The smallest absolute Gasteiger partial charge is 0.0951 e. The summed E-state index contributed by atoms with van der Waals surface area (Å²) >= 11 is 0. The van der Waals surface area contributed by atoms with E-state index in [1.54, 1.807) is 0 Å². The zero-order valence-electron chi connectivity index (χ0n) is 12.0. The van der Waals surface area contributed by atoms with Crippen LogP contribution >= 0.6 is 0 Å². The van der Waals surface area contributed by atoms with Gasteiger partial charge in [0.05, 0.1) is 18.1 Å². The Hall–Kier alpha value is -0.870. The van der Waals surface area contributed by atoms with Gasteiger partial charge in [0.2, 0.25) is 0 Å². The maximum Gasteiger partial charge on any atom is 0.0951 e. The Morgan fingerprint density at radius 3 is 2.74 bits per heavy atom. The third-order valence-corrected chi connectivity index (χ3v) is 4.75. The van der Waals surface area contributed by atoms with Crippen LogP contribution in [0, 0.1) is 5.92 Å². The highest BCUT2D eigenvalue weighted by atomic mass is 15.2. The molecule has 2 aliphatic carbocycles. The van der Waals surface area contributed by atoms with Crippen LogP contribution in [-0.4, -0.2) is 34.6 Å². The standard InChI is InChI=1S/C15H26N4/c1-18(10-12-4-2-3-5-12)14(8-16)15-9-17-11-19(15)13-6-7-13/h9,11-14H,2-8,10,16H2,1H3. The van der Waals surface area contributed by atoms with E-state index in [0.29, 0.717) is 18.6 Å². The van der Waals surface area contributed by atoms with Gasteiger partial charge in [-0.3, -0.25) is 4.90 Å². The molecule has 2 fully saturated rings. The molecule has 2 saturated carbocycles. The van der Waals surface area contributed by atoms with E-state index in [0.717, 1.165) is 5.92 Å². The van der Waals surface area contributed by atoms with Crippen molar-refractivity contribution in [1.29, 1.82) is 0 Å². The number of hydrogen-bond acceptors (Lipinski definition) is 3. The summed E-state index contributed by atoms with van der Waals surface area (Å²) in [6.45, 7) is 1.86. The van der Waals surface area contributed by atoms with Crippen LogP contribution in [0.15, 0.2) is 12.5 Å². The summed E-state index contributed by atoms with van der Waals surface area (Å²) in [5.74, 6) is 0.872. The minimum absolute atomic E-state index is 0.323. The van der Waals surface area contributed by atoms with Crippen molar-refractivity contribution in [3.05, 3.63) is 18.2 Å². The minimum Gasteiger partial charge on any atom is -0.330 e. The van der Waals surface area contributed by atoms with Crippen molar-refractivity contribution in [1.82, 2.24) is 14.5 Å². The molecule has 1 heterocycles. The molecule has 19 heavy (non-hydrogen) atoms. The SMILES string of the molecule is CN(CC1CCCC1)C(CN)c1cncn1C1CC1. The molecule has 0 radical (unpaired) electrons. The van der Waals surface area contributed by atoms with E-state index in [1.807, 2.05) is 12.5 Å². The lowest BCUT2D eigenvalue weighted by Gasteiger charge is -2.30. The highest BCUT2D eigenvalue weighted by Gasteiger charge is 2.29. The van der Waals surface area contributed by atoms with Crippen molar-refractivity contribution < 1.29 is 0 Å². The van der Waals surface area contributed by atoms with Gasteiger partial charge < -0.3 is 10.3 Å². The first-order valence-corrected chi connectivity index (χ1v) is 7.71. The second-order valence-electron chi connectivity index (χ2n) is 6.30. The van der Waals surface area contributed by atoms with E-state index in [9.17, 15) is 0 Å². The quantitative estimate of drug-likeness (QED) is 0.856. The molecule has 1 atom stereocenters. The Morgan fingerprint density at radius 1 is 1.37 bits per heavy atom. The van der Waals surface area contributed by atoms with Crippen LogP contribution in [0.25, 0.3) is 0 Å². The summed E-state index contributed by atoms with van der Waals surface area (Å²) < 4.78 is 2.35. The first-order valence-electron chi connectivity index (χ1n) is 7.71. The molecule has 2 aliphatic rings. The first kappa shape index (κ1) is 13.1.